The molecule has 4 aliphatic rings. The summed E-state index contributed by atoms with van der Waals surface area (Å²) in [5.74, 6) is 9.22. The van der Waals surface area contributed by atoms with Crippen LogP contribution in [0.15, 0.2) is 47.1 Å². The van der Waals surface area contributed by atoms with Crippen molar-refractivity contribution in [2.45, 2.75) is 64.7 Å². The van der Waals surface area contributed by atoms with Gasteiger partial charge in [0.2, 0.25) is 0 Å². The highest BCUT2D eigenvalue weighted by Crippen LogP contribution is 2.65. The van der Waals surface area contributed by atoms with Gasteiger partial charge in [-0.3, -0.25) is 9.59 Å². The van der Waals surface area contributed by atoms with Crippen molar-refractivity contribution in [3.8, 4) is 11.8 Å². The van der Waals surface area contributed by atoms with Crippen molar-refractivity contribution in [2.24, 2.45) is 23.2 Å². The quantitative estimate of drug-likeness (QED) is 0.283. The molecule has 0 bridgehead atoms. The van der Waals surface area contributed by atoms with E-state index in [1.54, 1.807) is 5.57 Å². The first-order chi connectivity index (χ1) is 16.3. The lowest BCUT2D eigenvalue weighted by Gasteiger charge is -2.52. The standard InChI is InChI=1S/C30H36N2O2/c1-5-6-22-10-16-28-26-14-9-21-17-24(34)13-15-25(21)29(26)27(18-30(22,28)2)20-7-11-23(12-8-20)32(3,4)31-19-33/h7-8,11-12,17,19,22,26-28H,9-10,13-16,18H2,1-4H3/p+1/t22-,26-,27?,28-,30+/m0/s1. The molecule has 4 aliphatic carbocycles. The molecule has 4 nitrogen and oxygen atoms in total. The Kier molecular flexibility index (Phi) is 5.81. The summed E-state index contributed by atoms with van der Waals surface area (Å²) in [7, 11) is 3.94. The van der Waals surface area contributed by atoms with Gasteiger partial charge in [-0.2, -0.15) is 4.59 Å². The van der Waals surface area contributed by atoms with Crippen molar-refractivity contribution in [1.82, 2.24) is 10.0 Å². The fourth-order valence-electron chi connectivity index (χ4n) is 7.65. The van der Waals surface area contributed by atoms with Gasteiger partial charge in [0, 0.05) is 30.4 Å². The fourth-order valence-corrected chi connectivity index (χ4v) is 7.65. The number of nitrogens with zero attached hydrogens (tertiary/aromatic N) is 1. The molecule has 178 valence electrons. The molecule has 2 saturated carbocycles. The average Bonchev–Trinajstić information content (AvgIpc) is 3.14. The van der Waals surface area contributed by atoms with Crippen LogP contribution in [0.4, 0.5) is 5.69 Å². The minimum Gasteiger partial charge on any atom is -0.295 e. The molecule has 0 spiro atoms. The Morgan fingerprint density at radius 3 is 2.56 bits per heavy atom. The molecule has 1 unspecified atom stereocenters. The number of quaternary nitrogens is 1. The van der Waals surface area contributed by atoms with Crippen LogP contribution in [0.5, 0.6) is 0 Å². The summed E-state index contributed by atoms with van der Waals surface area (Å²) in [6, 6.07) is 8.84. The van der Waals surface area contributed by atoms with Crippen molar-refractivity contribution in [1.29, 1.82) is 0 Å². The lowest BCUT2D eigenvalue weighted by molar-refractivity contribution is -0.115. The highest BCUT2D eigenvalue weighted by molar-refractivity contribution is 5.93. The van der Waals surface area contributed by atoms with Crippen molar-refractivity contribution in [3.63, 3.8) is 0 Å². The van der Waals surface area contributed by atoms with E-state index in [0.29, 0.717) is 40.5 Å². The van der Waals surface area contributed by atoms with Gasteiger partial charge in [0.05, 0.1) is 14.1 Å². The van der Waals surface area contributed by atoms with Crippen LogP contribution in [0.1, 0.15) is 70.3 Å². The zero-order chi connectivity index (χ0) is 24.1. The second-order valence-corrected chi connectivity index (χ2v) is 11.4. The van der Waals surface area contributed by atoms with Crippen LogP contribution in [0.2, 0.25) is 0 Å². The zero-order valence-electron chi connectivity index (χ0n) is 21.0. The first kappa shape index (κ1) is 23.1. The molecule has 1 amide bonds. The molecule has 1 aromatic rings. The number of hydrogen-bond acceptors (Lipinski definition) is 2. The van der Waals surface area contributed by atoms with Gasteiger partial charge in [0.15, 0.2) is 11.5 Å². The van der Waals surface area contributed by atoms with Gasteiger partial charge in [-0.15, -0.1) is 5.92 Å². The number of carbonyl (C=O) groups is 2. The molecule has 2 fully saturated rings. The molecule has 5 atom stereocenters. The van der Waals surface area contributed by atoms with E-state index < -0.39 is 0 Å². The van der Waals surface area contributed by atoms with Gasteiger partial charge in [0.1, 0.15) is 0 Å². The number of fused-ring (bicyclic) bond motifs is 4. The topological polar surface area (TPSA) is 46.2 Å². The summed E-state index contributed by atoms with van der Waals surface area (Å²) < 4.78 is 0.313. The van der Waals surface area contributed by atoms with Gasteiger partial charge in [0.25, 0.3) is 6.41 Å². The molecule has 4 heteroatoms. The second kappa shape index (κ2) is 8.54. The fraction of sp³-hybridized carbons (Fsp3) is 0.533. The predicted octanol–water partition coefficient (Wildman–Crippen LogP) is 5.45. The van der Waals surface area contributed by atoms with Crippen molar-refractivity contribution >= 4 is 17.9 Å². The summed E-state index contributed by atoms with van der Waals surface area (Å²) >= 11 is 0. The minimum atomic E-state index is 0.223. The van der Waals surface area contributed by atoms with E-state index >= 15 is 0 Å². The van der Waals surface area contributed by atoms with Crippen LogP contribution in [0, 0.1) is 35.0 Å². The molecule has 0 aliphatic heterocycles. The number of amides is 1. The number of carbonyl (C=O) groups excluding carboxylic acids is 2. The number of benzene rings is 1. The first-order valence-electron chi connectivity index (χ1n) is 12.8. The molecule has 1 N–H and O–H groups in total. The van der Waals surface area contributed by atoms with Crippen molar-refractivity contribution in [3.05, 3.63) is 52.6 Å². The molecule has 1 aromatic carbocycles. The second-order valence-electron chi connectivity index (χ2n) is 11.4. The summed E-state index contributed by atoms with van der Waals surface area (Å²) in [6.45, 7) is 4.49. The monoisotopic (exact) mass is 457 g/mol. The van der Waals surface area contributed by atoms with Crippen LogP contribution in [0.25, 0.3) is 0 Å². The van der Waals surface area contributed by atoms with E-state index in [1.165, 1.54) is 29.6 Å². The summed E-state index contributed by atoms with van der Waals surface area (Å²) in [4.78, 5) is 23.3. The van der Waals surface area contributed by atoms with E-state index in [2.05, 4.69) is 48.5 Å². The molecule has 0 aromatic heterocycles. The first-order valence-corrected chi connectivity index (χ1v) is 12.8. The molecule has 5 rings (SSSR count). The normalized spacial score (nSPS) is 32.6. The molecule has 0 heterocycles. The van der Waals surface area contributed by atoms with Crippen LogP contribution in [-0.4, -0.2) is 26.3 Å². The maximum Gasteiger partial charge on any atom is 0.253 e. The van der Waals surface area contributed by atoms with E-state index in [0.717, 1.165) is 37.8 Å². The van der Waals surface area contributed by atoms with Gasteiger partial charge in [-0.1, -0.05) is 30.6 Å². The van der Waals surface area contributed by atoms with Gasteiger partial charge < -0.3 is 0 Å². The van der Waals surface area contributed by atoms with Gasteiger partial charge >= 0.3 is 0 Å². The molecule has 34 heavy (non-hydrogen) atoms. The summed E-state index contributed by atoms with van der Waals surface area (Å²) in [5, 5.41) is 0. The number of ketones is 1. The highest BCUT2D eigenvalue weighted by Gasteiger charge is 2.56. The predicted molar refractivity (Wildman–Crippen MR) is 136 cm³/mol. The van der Waals surface area contributed by atoms with Gasteiger partial charge in [-0.05, 0) is 85.5 Å². The Hall–Kier alpha value is -2.64. The molecular weight excluding hydrogens is 420 g/mol. The molecule has 0 radical (unpaired) electrons. The van der Waals surface area contributed by atoms with Crippen LogP contribution < -0.4 is 10.0 Å². The SMILES string of the molecule is CC#C[C@H]1CC[C@H]2[C@@H]3CCC4=CC(=O)CCC4=C3C(c3ccc([N+](C)(C)NC=O)cc3)C[C@]12C. The Labute approximate surface area is 204 Å². The summed E-state index contributed by atoms with van der Waals surface area (Å²) in [6.07, 6.45) is 10.0. The van der Waals surface area contributed by atoms with E-state index in [1.807, 2.05) is 27.1 Å². The molecular formula is C30H37N2O2+. The van der Waals surface area contributed by atoms with Crippen LogP contribution in [-0.2, 0) is 9.59 Å². The largest absolute Gasteiger partial charge is 0.295 e. The maximum atomic E-state index is 12.2. The van der Waals surface area contributed by atoms with E-state index in [9.17, 15) is 9.59 Å². The third-order valence-electron chi connectivity index (χ3n) is 9.37. The van der Waals surface area contributed by atoms with Crippen LogP contribution in [0.3, 0.4) is 0 Å². The van der Waals surface area contributed by atoms with Gasteiger partial charge in [-0.25, -0.2) is 5.43 Å². The highest BCUT2D eigenvalue weighted by atomic mass is 16.1. The Balaban J connectivity index is 1.61. The lowest BCUT2D eigenvalue weighted by Crippen LogP contribution is -2.52. The Morgan fingerprint density at radius 2 is 1.85 bits per heavy atom. The third kappa shape index (κ3) is 3.66. The minimum absolute atomic E-state index is 0.223. The zero-order valence-corrected chi connectivity index (χ0v) is 21.0. The average molecular weight is 458 g/mol. The number of allylic oxidation sites excluding steroid dienone is 4. The van der Waals surface area contributed by atoms with Crippen LogP contribution >= 0.6 is 0 Å². The molecule has 0 saturated heterocycles. The third-order valence-corrected chi connectivity index (χ3v) is 9.37. The number of rotatable bonds is 4. The lowest BCUT2D eigenvalue weighted by atomic mass is 9.52. The smallest absolute Gasteiger partial charge is 0.253 e. The van der Waals surface area contributed by atoms with Crippen molar-refractivity contribution < 1.29 is 9.59 Å². The van der Waals surface area contributed by atoms with E-state index in [4.69, 9.17) is 0 Å². The number of hydrogen-bond donors (Lipinski definition) is 1. The Morgan fingerprint density at radius 1 is 1.09 bits per heavy atom. The van der Waals surface area contributed by atoms with Crippen molar-refractivity contribution in [2.75, 3.05) is 14.1 Å². The van der Waals surface area contributed by atoms with E-state index in [-0.39, 0.29) is 5.41 Å². The maximum absolute atomic E-state index is 12.2. The Bertz CT molecular complexity index is 1130. The number of nitrogens with one attached hydrogen (secondary N) is 1. The summed E-state index contributed by atoms with van der Waals surface area (Å²) in [5.41, 5.74) is 9.94.